The van der Waals surface area contributed by atoms with Gasteiger partial charge in [0.2, 0.25) is 0 Å². The largest absolute Gasteiger partial charge is 0.392 e. The van der Waals surface area contributed by atoms with Crippen LogP contribution >= 0.6 is 0 Å². The molecule has 17 heavy (non-hydrogen) atoms. The Morgan fingerprint density at radius 2 is 1.71 bits per heavy atom. The molecule has 1 aromatic rings. The first-order chi connectivity index (χ1) is 8.03. The van der Waals surface area contributed by atoms with E-state index in [-0.39, 0.29) is 12.1 Å². The lowest BCUT2D eigenvalue weighted by molar-refractivity contribution is 0.126. The van der Waals surface area contributed by atoms with Crippen LogP contribution in [0.2, 0.25) is 0 Å². The third-order valence-electron chi connectivity index (χ3n) is 3.32. The van der Waals surface area contributed by atoms with Gasteiger partial charge in [-0.05, 0) is 31.5 Å². The van der Waals surface area contributed by atoms with Crippen LogP contribution in [-0.2, 0) is 13.2 Å². The molecule has 0 spiro atoms. The second-order valence-electron chi connectivity index (χ2n) is 5.01. The lowest BCUT2D eigenvalue weighted by Gasteiger charge is -2.37. The van der Waals surface area contributed by atoms with E-state index in [2.05, 4.69) is 37.8 Å². The third-order valence-corrected chi connectivity index (χ3v) is 3.32. The van der Waals surface area contributed by atoms with E-state index in [4.69, 9.17) is 10.8 Å². The van der Waals surface area contributed by atoms with Gasteiger partial charge in [-0.15, -0.1) is 0 Å². The minimum absolute atomic E-state index is 0.0183. The molecule has 0 amide bonds. The van der Waals surface area contributed by atoms with Crippen LogP contribution in [0.5, 0.6) is 0 Å². The van der Waals surface area contributed by atoms with Crippen LogP contribution < -0.4 is 5.73 Å². The van der Waals surface area contributed by atoms with Crippen LogP contribution in [0.3, 0.4) is 0 Å². The Balaban J connectivity index is 2.73. The summed E-state index contributed by atoms with van der Waals surface area (Å²) in [6, 6.07) is 8.08. The van der Waals surface area contributed by atoms with Crippen molar-refractivity contribution in [1.29, 1.82) is 0 Å². The molecule has 0 radical (unpaired) electrons. The molecule has 1 aromatic carbocycles. The van der Waals surface area contributed by atoms with Gasteiger partial charge in [0.05, 0.1) is 6.61 Å². The zero-order valence-electron chi connectivity index (χ0n) is 11.1. The Morgan fingerprint density at radius 1 is 1.18 bits per heavy atom. The number of aliphatic hydroxyl groups excluding tert-OH is 1. The minimum atomic E-state index is 0.0183. The summed E-state index contributed by atoms with van der Waals surface area (Å²) in [5, 5.41) is 9.00. The molecular weight excluding hydrogens is 212 g/mol. The number of benzene rings is 1. The standard InChI is InChI=1S/C14H24N2O/c1-4-16(14(2,3)11-15)9-12-5-7-13(10-17)8-6-12/h5-8,17H,4,9-11,15H2,1-3H3. The first-order valence-electron chi connectivity index (χ1n) is 6.17. The second-order valence-corrected chi connectivity index (χ2v) is 5.01. The number of rotatable bonds is 6. The van der Waals surface area contributed by atoms with Crippen molar-refractivity contribution in [3.05, 3.63) is 35.4 Å². The zero-order chi connectivity index (χ0) is 12.9. The number of likely N-dealkylation sites (N-methyl/N-ethyl adjacent to an activating group) is 1. The third kappa shape index (κ3) is 3.80. The summed E-state index contributed by atoms with van der Waals surface area (Å²) >= 11 is 0. The molecule has 0 aliphatic heterocycles. The van der Waals surface area contributed by atoms with Gasteiger partial charge in [-0.1, -0.05) is 31.2 Å². The van der Waals surface area contributed by atoms with Gasteiger partial charge in [0.1, 0.15) is 0 Å². The first-order valence-corrected chi connectivity index (χ1v) is 6.17. The van der Waals surface area contributed by atoms with Crippen LogP contribution in [0.4, 0.5) is 0 Å². The summed E-state index contributed by atoms with van der Waals surface area (Å²) < 4.78 is 0. The molecule has 0 unspecified atom stereocenters. The van der Waals surface area contributed by atoms with Crippen molar-refractivity contribution in [1.82, 2.24) is 4.90 Å². The fourth-order valence-corrected chi connectivity index (χ4v) is 1.85. The van der Waals surface area contributed by atoms with E-state index in [0.717, 1.165) is 18.7 Å². The van der Waals surface area contributed by atoms with Crippen molar-refractivity contribution in [3.63, 3.8) is 0 Å². The highest BCUT2D eigenvalue weighted by atomic mass is 16.3. The quantitative estimate of drug-likeness (QED) is 0.791. The van der Waals surface area contributed by atoms with Crippen LogP contribution in [0, 0.1) is 0 Å². The monoisotopic (exact) mass is 236 g/mol. The van der Waals surface area contributed by atoms with Gasteiger partial charge in [0.15, 0.2) is 0 Å². The molecule has 0 aliphatic rings. The summed E-state index contributed by atoms with van der Waals surface area (Å²) in [5.74, 6) is 0. The van der Waals surface area contributed by atoms with Crippen molar-refractivity contribution in [3.8, 4) is 0 Å². The van der Waals surface area contributed by atoms with Gasteiger partial charge in [-0.25, -0.2) is 0 Å². The Hall–Kier alpha value is -0.900. The van der Waals surface area contributed by atoms with Gasteiger partial charge < -0.3 is 10.8 Å². The molecule has 0 saturated carbocycles. The maximum Gasteiger partial charge on any atom is 0.0681 e. The van der Waals surface area contributed by atoms with E-state index in [9.17, 15) is 0 Å². The minimum Gasteiger partial charge on any atom is -0.392 e. The molecule has 3 N–H and O–H groups in total. The molecule has 3 heteroatoms. The SMILES string of the molecule is CCN(Cc1ccc(CO)cc1)C(C)(C)CN. The molecule has 0 heterocycles. The molecule has 0 fully saturated rings. The van der Waals surface area contributed by atoms with Gasteiger partial charge in [-0.3, -0.25) is 4.90 Å². The van der Waals surface area contributed by atoms with E-state index in [1.807, 2.05) is 12.1 Å². The topological polar surface area (TPSA) is 49.5 Å². The van der Waals surface area contributed by atoms with Crippen LogP contribution in [0.25, 0.3) is 0 Å². The molecule has 0 aliphatic carbocycles. The van der Waals surface area contributed by atoms with Gasteiger partial charge in [0, 0.05) is 18.6 Å². The molecular formula is C14H24N2O. The summed E-state index contributed by atoms with van der Waals surface area (Å²) in [6.07, 6.45) is 0. The summed E-state index contributed by atoms with van der Waals surface area (Å²) in [7, 11) is 0. The Kier molecular flexibility index (Phi) is 5.12. The van der Waals surface area contributed by atoms with E-state index in [1.165, 1.54) is 5.56 Å². The summed E-state index contributed by atoms with van der Waals surface area (Å²) in [6.45, 7) is 9.11. The highest BCUT2D eigenvalue weighted by Gasteiger charge is 2.23. The Morgan fingerprint density at radius 3 is 2.12 bits per heavy atom. The molecule has 0 bridgehead atoms. The molecule has 3 nitrogen and oxygen atoms in total. The number of hydrogen-bond acceptors (Lipinski definition) is 3. The molecule has 1 rings (SSSR count). The molecule has 96 valence electrons. The number of nitrogens with zero attached hydrogens (tertiary/aromatic N) is 1. The Bertz CT molecular complexity index is 333. The zero-order valence-corrected chi connectivity index (χ0v) is 11.1. The van der Waals surface area contributed by atoms with Crippen molar-refractivity contribution >= 4 is 0 Å². The lowest BCUT2D eigenvalue weighted by Crippen LogP contribution is -2.48. The van der Waals surface area contributed by atoms with E-state index in [1.54, 1.807) is 0 Å². The predicted octanol–water partition coefficient (Wildman–Crippen LogP) is 1.74. The predicted molar refractivity (Wildman–Crippen MR) is 71.6 cm³/mol. The summed E-state index contributed by atoms with van der Waals surface area (Å²) in [5.41, 5.74) is 8.03. The van der Waals surface area contributed by atoms with Crippen molar-refractivity contribution < 1.29 is 5.11 Å². The number of aliphatic hydroxyl groups is 1. The van der Waals surface area contributed by atoms with Gasteiger partial charge >= 0.3 is 0 Å². The van der Waals surface area contributed by atoms with Crippen LogP contribution in [-0.4, -0.2) is 28.6 Å². The van der Waals surface area contributed by atoms with E-state index in [0.29, 0.717) is 6.54 Å². The number of nitrogens with two attached hydrogens (primary N) is 1. The average molecular weight is 236 g/mol. The average Bonchev–Trinajstić information content (AvgIpc) is 2.36. The number of hydrogen-bond donors (Lipinski definition) is 2. The molecule has 0 aromatic heterocycles. The van der Waals surface area contributed by atoms with E-state index >= 15 is 0 Å². The normalized spacial score (nSPS) is 12.1. The van der Waals surface area contributed by atoms with Gasteiger partial charge in [-0.2, -0.15) is 0 Å². The van der Waals surface area contributed by atoms with Crippen molar-refractivity contribution in [2.24, 2.45) is 5.73 Å². The fourth-order valence-electron chi connectivity index (χ4n) is 1.85. The second kappa shape index (κ2) is 6.15. The highest BCUT2D eigenvalue weighted by Crippen LogP contribution is 2.16. The summed E-state index contributed by atoms with van der Waals surface area (Å²) in [4.78, 5) is 2.36. The van der Waals surface area contributed by atoms with Crippen molar-refractivity contribution in [2.75, 3.05) is 13.1 Å². The Labute approximate surface area is 104 Å². The van der Waals surface area contributed by atoms with E-state index < -0.39 is 0 Å². The first kappa shape index (κ1) is 14.2. The smallest absolute Gasteiger partial charge is 0.0681 e. The van der Waals surface area contributed by atoms with Gasteiger partial charge in [0.25, 0.3) is 0 Å². The fraction of sp³-hybridized carbons (Fsp3) is 0.571. The molecule has 0 saturated heterocycles. The van der Waals surface area contributed by atoms with Crippen LogP contribution in [0.1, 0.15) is 31.9 Å². The maximum absolute atomic E-state index is 9.00. The molecule has 0 atom stereocenters. The lowest BCUT2D eigenvalue weighted by atomic mass is 10.0. The maximum atomic E-state index is 9.00. The van der Waals surface area contributed by atoms with Crippen LogP contribution in [0.15, 0.2) is 24.3 Å². The van der Waals surface area contributed by atoms with Crippen molar-refractivity contribution in [2.45, 2.75) is 39.5 Å². The highest BCUT2D eigenvalue weighted by molar-refractivity contribution is 5.22.